The highest BCUT2D eigenvalue weighted by atomic mass is 35.5. The first kappa shape index (κ1) is 16.1. The number of hydrogen-bond donors (Lipinski definition) is 1. The maximum atomic E-state index is 6.44. The number of hydrogen-bond acceptors (Lipinski definition) is 1. The van der Waals surface area contributed by atoms with Crippen molar-refractivity contribution in [1.29, 1.82) is 0 Å². The van der Waals surface area contributed by atoms with E-state index < -0.39 is 0 Å². The SMILES string of the molecule is CCCNCC(c1c(Cl)cccc1Cl)C1CCCCC1. The van der Waals surface area contributed by atoms with Gasteiger partial charge in [-0.2, -0.15) is 0 Å². The van der Waals surface area contributed by atoms with Crippen LogP contribution in [0.5, 0.6) is 0 Å². The van der Waals surface area contributed by atoms with Gasteiger partial charge < -0.3 is 5.32 Å². The molecular formula is C17H25Cl2N. The molecule has 0 bridgehead atoms. The molecule has 1 saturated carbocycles. The molecule has 2 rings (SSSR count). The van der Waals surface area contributed by atoms with Gasteiger partial charge in [-0.05, 0) is 49.4 Å². The molecule has 1 aromatic rings. The van der Waals surface area contributed by atoms with Crippen LogP contribution in [-0.4, -0.2) is 13.1 Å². The summed E-state index contributed by atoms with van der Waals surface area (Å²) in [6.07, 6.45) is 7.84. The first-order valence-corrected chi connectivity index (χ1v) is 8.64. The molecule has 3 heteroatoms. The first-order chi connectivity index (χ1) is 9.74. The summed E-state index contributed by atoms with van der Waals surface area (Å²) >= 11 is 12.9. The zero-order valence-electron chi connectivity index (χ0n) is 12.3. The van der Waals surface area contributed by atoms with Crippen molar-refractivity contribution < 1.29 is 0 Å². The van der Waals surface area contributed by atoms with Gasteiger partial charge in [0.25, 0.3) is 0 Å². The Hall–Kier alpha value is -0.240. The monoisotopic (exact) mass is 313 g/mol. The second kappa shape index (κ2) is 8.26. The average molecular weight is 314 g/mol. The zero-order chi connectivity index (χ0) is 14.4. The van der Waals surface area contributed by atoms with Crippen molar-refractivity contribution in [3.63, 3.8) is 0 Å². The van der Waals surface area contributed by atoms with E-state index in [1.165, 1.54) is 32.1 Å². The lowest BCUT2D eigenvalue weighted by Gasteiger charge is -2.32. The van der Waals surface area contributed by atoms with Gasteiger partial charge in [0, 0.05) is 22.5 Å². The smallest absolute Gasteiger partial charge is 0.0456 e. The average Bonchev–Trinajstić information content (AvgIpc) is 2.46. The first-order valence-electron chi connectivity index (χ1n) is 7.88. The van der Waals surface area contributed by atoms with Crippen molar-refractivity contribution in [2.75, 3.05) is 13.1 Å². The van der Waals surface area contributed by atoms with E-state index in [0.717, 1.165) is 35.1 Å². The molecule has 1 N–H and O–H groups in total. The van der Waals surface area contributed by atoms with E-state index in [9.17, 15) is 0 Å². The molecule has 112 valence electrons. The summed E-state index contributed by atoms with van der Waals surface area (Å²) in [6.45, 7) is 4.25. The Bertz CT molecular complexity index is 393. The van der Waals surface area contributed by atoms with Gasteiger partial charge in [-0.3, -0.25) is 0 Å². The summed E-state index contributed by atoms with van der Waals surface area (Å²) in [5.74, 6) is 1.16. The summed E-state index contributed by atoms with van der Waals surface area (Å²) in [5.41, 5.74) is 1.16. The minimum Gasteiger partial charge on any atom is -0.316 e. The molecule has 1 aromatic carbocycles. The molecule has 0 radical (unpaired) electrons. The van der Waals surface area contributed by atoms with Gasteiger partial charge in [0.05, 0.1) is 0 Å². The molecule has 20 heavy (non-hydrogen) atoms. The highest BCUT2D eigenvalue weighted by Gasteiger charge is 2.27. The lowest BCUT2D eigenvalue weighted by atomic mass is 9.76. The van der Waals surface area contributed by atoms with Crippen LogP contribution in [0.25, 0.3) is 0 Å². The van der Waals surface area contributed by atoms with Crippen LogP contribution in [0.3, 0.4) is 0 Å². The van der Waals surface area contributed by atoms with Crippen LogP contribution >= 0.6 is 23.2 Å². The van der Waals surface area contributed by atoms with Gasteiger partial charge in [0.1, 0.15) is 0 Å². The Morgan fingerprint density at radius 1 is 1.15 bits per heavy atom. The summed E-state index contributed by atoms with van der Waals surface area (Å²) in [5, 5.41) is 5.22. The number of nitrogens with one attached hydrogen (secondary N) is 1. The van der Waals surface area contributed by atoms with Crippen LogP contribution in [0.4, 0.5) is 0 Å². The third-order valence-corrected chi connectivity index (χ3v) is 5.04. The molecule has 1 aliphatic rings. The number of halogens is 2. The van der Waals surface area contributed by atoms with Gasteiger partial charge in [-0.15, -0.1) is 0 Å². The van der Waals surface area contributed by atoms with Crippen LogP contribution in [0, 0.1) is 5.92 Å². The fourth-order valence-corrected chi connectivity index (χ4v) is 4.02. The van der Waals surface area contributed by atoms with Gasteiger partial charge in [0.15, 0.2) is 0 Å². The Labute approximate surface area is 133 Å². The standard InChI is InChI=1S/C17H25Cl2N/c1-2-11-20-12-14(13-7-4-3-5-8-13)17-15(18)9-6-10-16(17)19/h6,9-10,13-14,20H,2-5,7-8,11-12H2,1H3. The lowest BCUT2D eigenvalue weighted by molar-refractivity contribution is 0.297. The van der Waals surface area contributed by atoms with Crippen molar-refractivity contribution in [2.24, 2.45) is 5.92 Å². The van der Waals surface area contributed by atoms with Gasteiger partial charge in [0.2, 0.25) is 0 Å². The molecule has 0 aliphatic heterocycles. The quantitative estimate of drug-likeness (QED) is 0.668. The van der Waals surface area contributed by atoms with Crippen LogP contribution in [0.2, 0.25) is 10.0 Å². The van der Waals surface area contributed by atoms with Gasteiger partial charge in [-0.1, -0.05) is 55.5 Å². The Morgan fingerprint density at radius 3 is 2.40 bits per heavy atom. The second-order valence-corrected chi connectivity index (χ2v) is 6.66. The van der Waals surface area contributed by atoms with E-state index in [0.29, 0.717) is 11.8 Å². The molecule has 1 aliphatic carbocycles. The summed E-state index contributed by atoms with van der Waals surface area (Å²) < 4.78 is 0. The number of rotatable bonds is 6. The lowest BCUT2D eigenvalue weighted by Crippen LogP contribution is -2.29. The molecule has 0 amide bonds. The second-order valence-electron chi connectivity index (χ2n) is 5.84. The van der Waals surface area contributed by atoms with E-state index >= 15 is 0 Å². The Morgan fingerprint density at radius 2 is 1.80 bits per heavy atom. The highest BCUT2D eigenvalue weighted by molar-refractivity contribution is 6.36. The molecule has 1 unspecified atom stereocenters. The predicted octanol–water partition coefficient (Wildman–Crippen LogP) is 5.66. The van der Waals surface area contributed by atoms with Gasteiger partial charge >= 0.3 is 0 Å². The molecule has 0 saturated heterocycles. The van der Waals surface area contributed by atoms with Crippen LogP contribution in [0.15, 0.2) is 18.2 Å². The molecule has 0 heterocycles. The van der Waals surface area contributed by atoms with Crippen molar-refractivity contribution in [3.05, 3.63) is 33.8 Å². The largest absolute Gasteiger partial charge is 0.316 e. The summed E-state index contributed by atoms with van der Waals surface area (Å²) in [4.78, 5) is 0. The fraction of sp³-hybridized carbons (Fsp3) is 0.647. The molecule has 1 atom stereocenters. The third kappa shape index (κ3) is 4.13. The van der Waals surface area contributed by atoms with Crippen LogP contribution < -0.4 is 5.32 Å². The topological polar surface area (TPSA) is 12.0 Å². The normalized spacial score (nSPS) is 18.1. The Kier molecular flexibility index (Phi) is 6.67. The van der Waals surface area contributed by atoms with Crippen LogP contribution in [0.1, 0.15) is 56.9 Å². The van der Waals surface area contributed by atoms with Crippen molar-refractivity contribution in [2.45, 2.75) is 51.4 Å². The highest BCUT2D eigenvalue weighted by Crippen LogP contribution is 2.41. The van der Waals surface area contributed by atoms with Crippen molar-refractivity contribution in [1.82, 2.24) is 5.32 Å². The summed E-state index contributed by atoms with van der Waals surface area (Å²) in [6, 6.07) is 5.88. The van der Waals surface area contributed by atoms with E-state index in [1.807, 2.05) is 18.2 Å². The molecule has 1 nitrogen and oxygen atoms in total. The zero-order valence-corrected chi connectivity index (χ0v) is 13.8. The molecule has 1 fully saturated rings. The van der Waals surface area contributed by atoms with E-state index in [4.69, 9.17) is 23.2 Å². The van der Waals surface area contributed by atoms with Crippen molar-refractivity contribution in [3.8, 4) is 0 Å². The van der Waals surface area contributed by atoms with E-state index in [1.54, 1.807) is 0 Å². The van der Waals surface area contributed by atoms with E-state index in [-0.39, 0.29) is 0 Å². The fourth-order valence-electron chi connectivity index (χ4n) is 3.34. The maximum Gasteiger partial charge on any atom is 0.0456 e. The molecular weight excluding hydrogens is 289 g/mol. The maximum absolute atomic E-state index is 6.44. The minimum atomic E-state index is 0.447. The predicted molar refractivity (Wildman–Crippen MR) is 88.9 cm³/mol. The Balaban J connectivity index is 2.20. The minimum absolute atomic E-state index is 0.447. The number of benzene rings is 1. The molecule has 0 aromatic heterocycles. The molecule has 0 spiro atoms. The van der Waals surface area contributed by atoms with Crippen LogP contribution in [-0.2, 0) is 0 Å². The van der Waals surface area contributed by atoms with E-state index in [2.05, 4.69) is 12.2 Å². The van der Waals surface area contributed by atoms with Crippen molar-refractivity contribution >= 4 is 23.2 Å². The van der Waals surface area contributed by atoms with Gasteiger partial charge in [-0.25, -0.2) is 0 Å². The third-order valence-electron chi connectivity index (χ3n) is 4.38. The summed E-state index contributed by atoms with van der Waals surface area (Å²) in [7, 11) is 0.